The van der Waals surface area contributed by atoms with Gasteiger partial charge in [-0.2, -0.15) is 7.82 Å². The first kappa shape index (κ1) is 25.1. The molecule has 0 fully saturated rings. The van der Waals surface area contributed by atoms with Crippen LogP contribution in [0.5, 0.6) is 0 Å². The van der Waals surface area contributed by atoms with Crippen LogP contribution < -0.4 is 14.7 Å². The van der Waals surface area contributed by atoms with Crippen molar-refractivity contribution in [2.45, 2.75) is 71.1 Å². The average molecular weight is 322 g/mol. The summed E-state index contributed by atoms with van der Waals surface area (Å²) in [5, 5.41) is 8.41. The second kappa shape index (κ2) is 17.2. The average Bonchev–Trinajstić information content (AvgIpc) is 2.24. The van der Waals surface area contributed by atoms with Gasteiger partial charge in [0.25, 0.3) is 0 Å². The summed E-state index contributed by atoms with van der Waals surface area (Å²) >= 11 is 0. The molecule has 0 saturated heterocycles. The van der Waals surface area contributed by atoms with Crippen molar-refractivity contribution < 1.29 is 29.1 Å². The van der Waals surface area contributed by atoms with E-state index in [4.69, 9.17) is 24.4 Å². The molecule has 0 aromatic carbocycles. The fraction of sp³-hybridized carbons (Fsp3) is 0.917. The zero-order valence-electron chi connectivity index (χ0n) is 12.1. The van der Waals surface area contributed by atoms with E-state index in [1.807, 2.05) is 0 Å². The first-order valence-corrected chi connectivity index (χ1v) is 8.18. The van der Waals surface area contributed by atoms with E-state index in [0.29, 0.717) is 6.42 Å². The van der Waals surface area contributed by atoms with E-state index in [2.05, 4.69) is 6.92 Å². The third-order valence-electron chi connectivity index (χ3n) is 2.49. The molecule has 0 aromatic rings. The summed E-state index contributed by atoms with van der Waals surface area (Å²) in [5.74, 6) is -0.659. The van der Waals surface area contributed by atoms with Gasteiger partial charge in [-0.25, -0.2) is 0 Å². The number of carboxylic acids is 1. The predicted molar refractivity (Wildman–Crippen MR) is 72.8 cm³/mol. The molecule has 0 aliphatic rings. The SMILES string of the molecule is CCCCCCCCCCCC(=O)O.O=P([O-])([O-])[O-].[Al+3]. The van der Waals surface area contributed by atoms with Crippen molar-refractivity contribution in [3.63, 3.8) is 0 Å². The number of rotatable bonds is 10. The van der Waals surface area contributed by atoms with Crippen LogP contribution in [0, 0.1) is 0 Å². The Labute approximate surface area is 132 Å². The van der Waals surface area contributed by atoms with Crippen LogP contribution in [-0.4, -0.2) is 28.4 Å². The summed E-state index contributed by atoms with van der Waals surface area (Å²) < 4.78 is 8.55. The molecule has 0 amide bonds. The van der Waals surface area contributed by atoms with Crippen molar-refractivity contribution in [1.29, 1.82) is 0 Å². The van der Waals surface area contributed by atoms with Crippen molar-refractivity contribution in [2.24, 2.45) is 0 Å². The monoisotopic (exact) mass is 322 g/mol. The Morgan fingerprint density at radius 1 is 0.900 bits per heavy atom. The van der Waals surface area contributed by atoms with Gasteiger partial charge in [0.1, 0.15) is 0 Å². The quantitative estimate of drug-likeness (QED) is 0.360. The Hall–Kier alpha value is 0.112. The standard InChI is InChI=1S/C12H24O2.Al.H3O4P/c1-2-3-4-5-6-7-8-9-10-11-12(13)14;;1-5(2,3)4/h2-11H2,1H3,(H,13,14);;(H3,1,2,3,4)/q;+3;/p-3. The molecule has 0 saturated carbocycles. The zero-order chi connectivity index (χ0) is 15.1. The molecule has 20 heavy (non-hydrogen) atoms. The van der Waals surface area contributed by atoms with Crippen LogP contribution in [0.3, 0.4) is 0 Å². The predicted octanol–water partition coefficient (Wildman–Crippen LogP) is 0.786. The topological polar surface area (TPSA) is 124 Å². The summed E-state index contributed by atoms with van der Waals surface area (Å²) in [7, 11) is -5.39. The van der Waals surface area contributed by atoms with Gasteiger partial charge in [0, 0.05) is 6.42 Å². The zero-order valence-corrected chi connectivity index (χ0v) is 14.1. The van der Waals surface area contributed by atoms with Gasteiger partial charge in [-0.05, 0) is 6.42 Å². The van der Waals surface area contributed by atoms with Gasteiger partial charge in [0.2, 0.25) is 0 Å². The van der Waals surface area contributed by atoms with Crippen molar-refractivity contribution >= 4 is 31.2 Å². The molecular weight excluding hydrogens is 298 g/mol. The minimum atomic E-state index is -5.39. The van der Waals surface area contributed by atoms with Crippen LogP contribution in [0.4, 0.5) is 0 Å². The molecule has 0 atom stereocenters. The van der Waals surface area contributed by atoms with E-state index in [0.717, 1.165) is 12.8 Å². The Bertz CT molecular complexity index is 248. The summed E-state index contributed by atoms with van der Waals surface area (Å²) in [6.07, 6.45) is 11.5. The molecule has 0 aliphatic heterocycles. The van der Waals surface area contributed by atoms with Crippen LogP contribution >= 0.6 is 7.82 Å². The molecule has 116 valence electrons. The number of carbonyl (C=O) groups is 1. The first-order valence-electron chi connectivity index (χ1n) is 6.72. The molecule has 8 heteroatoms. The molecular formula is C12H24AlO6P. The van der Waals surface area contributed by atoms with E-state index in [1.54, 1.807) is 0 Å². The third kappa shape index (κ3) is 43.0. The smallest absolute Gasteiger partial charge is 0.822 e. The van der Waals surface area contributed by atoms with Crippen LogP contribution in [0.25, 0.3) is 0 Å². The van der Waals surface area contributed by atoms with E-state index in [-0.39, 0.29) is 17.4 Å². The van der Waals surface area contributed by atoms with Crippen molar-refractivity contribution in [3.8, 4) is 0 Å². The van der Waals surface area contributed by atoms with Crippen molar-refractivity contribution in [2.75, 3.05) is 0 Å². The summed E-state index contributed by atoms with van der Waals surface area (Å²) in [6, 6.07) is 0. The van der Waals surface area contributed by atoms with E-state index < -0.39 is 13.8 Å². The van der Waals surface area contributed by atoms with Crippen LogP contribution in [0.2, 0.25) is 0 Å². The summed E-state index contributed by atoms with van der Waals surface area (Å²) in [5.41, 5.74) is 0. The van der Waals surface area contributed by atoms with Crippen molar-refractivity contribution in [1.82, 2.24) is 0 Å². The van der Waals surface area contributed by atoms with Crippen LogP contribution in [-0.2, 0) is 9.36 Å². The van der Waals surface area contributed by atoms with Crippen LogP contribution in [0.15, 0.2) is 0 Å². The molecule has 0 rings (SSSR count). The molecule has 0 bridgehead atoms. The van der Waals surface area contributed by atoms with Crippen molar-refractivity contribution in [3.05, 3.63) is 0 Å². The molecule has 0 aliphatic carbocycles. The Morgan fingerprint density at radius 3 is 1.50 bits per heavy atom. The van der Waals surface area contributed by atoms with Gasteiger partial charge >= 0.3 is 23.3 Å². The minimum Gasteiger partial charge on any atom is -0.822 e. The van der Waals surface area contributed by atoms with Gasteiger partial charge in [0.15, 0.2) is 0 Å². The van der Waals surface area contributed by atoms with Gasteiger partial charge in [-0.1, -0.05) is 58.3 Å². The minimum absolute atomic E-state index is 0. The number of aliphatic carboxylic acids is 1. The van der Waals surface area contributed by atoms with Gasteiger partial charge in [-0.15, -0.1) is 0 Å². The third-order valence-corrected chi connectivity index (χ3v) is 2.49. The van der Waals surface area contributed by atoms with Gasteiger partial charge in [0.05, 0.1) is 0 Å². The number of unbranched alkanes of at least 4 members (excludes halogenated alkanes) is 8. The Balaban J connectivity index is -0.000000414. The number of hydrogen-bond acceptors (Lipinski definition) is 5. The summed E-state index contributed by atoms with van der Waals surface area (Å²) in [6.45, 7) is 2.23. The molecule has 0 radical (unpaired) electrons. The molecule has 0 heterocycles. The second-order valence-corrected chi connectivity index (χ2v) is 5.31. The second-order valence-electron chi connectivity index (χ2n) is 4.42. The number of phosphoric acid groups is 1. The largest absolute Gasteiger partial charge is 3.00 e. The fourth-order valence-electron chi connectivity index (χ4n) is 1.59. The Kier molecular flexibility index (Phi) is 21.5. The normalized spacial score (nSPS) is 10.2. The van der Waals surface area contributed by atoms with Gasteiger partial charge in [-0.3, -0.25) is 4.79 Å². The molecule has 0 spiro atoms. The number of hydrogen-bond donors (Lipinski definition) is 1. The molecule has 0 unspecified atom stereocenters. The maximum atomic E-state index is 10.2. The first-order chi connectivity index (χ1) is 8.77. The maximum Gasteiger partial charge on any atom is 3.00 e. The van der Waals surface area contributed by atoms with Crippen LogP contribution in [0.1, 0.15) is 71.1 Å². The van der Waals surface area contributed by atoms with E-state index in [1.165, 1.54) is 44.9 Å². The molecule has 0 aromatic heterocycles. The fourth-order valence-corrected chi connectivity index (χ4v) is 1.59. The Morgan fingerprint density at radius 2 is 1.20 bits per heavy atom. The molecule has 6 nitrogen and oxygen atoms in total. The maximum absolute atomic E-state index is 10.2. The number of carboxylic acid groups (broad SMARTS) is 1. The summed E-state index contributed by atoms with van der Waals surface area (Å²) in [4.78, 5) is 35.9. The van der Waals surface area contributed by atoms with E-state index >= 15 is 0 Å². The van der Waals surface area contributed by atoms with E-state index in [9.17, 15) is 4.79 Å². The van der Waals surface area contributed by atoms with Gasteiger partial charge < -0.3 is 24.4 Å². The molecule has 1 N–H and O–H groups in total.